The van der Waals surface area contributed by atoms with Crippen molar-refractivity contribution in [2.24, 2.45) is 4.99 Å². The van der Waals surface area contributed by atoms with Crippen molar-refractivity contribution in [1.82, 2.24) is 10.6 Å². The Balaban J connectivity index is 0.00000288. The average Bonchev–Trinajstić information content (AvgIpc) is 2.49. The van der Waals surface area contributed by atoms with Crippen LogP contribution in [0.5, 0.6) is 5.75 Å². The quantitative estimate of drug-likeness (QED) is 0.336. The van der Waals surface area contributed by atoms with Crippen LogP contribution in [-0.2, 0) is 6.54 Å². The molecule has 0 bridgehead atoms. The lowest BCUT2D eigenvalue weighted by atomic mass is 9.80. The molecule has 0 spiro atoms. The van der Waals surface area contributed by atoms with Crippen LogP contribution in [0.1, 0.15) is 31.7 Å². The van der Waals surface area contributed by atoms with Crippen molar-refractivity contribution in [3.05, 3.63) is 29.8 Å². The van der Waals surface area contributed by atoms with Crippen molar-refractivity contribution in [2.45, 2.75) is 44.9 Å². The van der Waals surface area contributed by atoms with Crippen LogP contribution in [0.3, 0.4) is 0 Å². The Morgan fingerprint density at radius 3 is 2.62 bits per heavy atom. The number of rotatable bonds is 7. The lowest BCUT2D eigenvalue weighted by molar-refractivity contribution is -0.0504. The van der Waals surface area contributed by atoms with E-state index >= 15 is 0 Å². The Kier molecular flexibility index (Phi) is 8.68. The van der Waals surface area contributed by atoms with Gasteiger partial charge in [-0.3, -0.25) is 0 Å². The number of halogens is 3. The molecule has 0 saturated heterocycles. The van der Waals surface area contributed by atoms with Gasteiger partial charge in [0.1, 0.15) is 5.75 Å². The first-order valence-electron chi connectivity index (χ1n) is 7.80. The van der Waals surface area contributed by atoms with Crippen molar-refractivity contribution in [3.63, 3.8) is 0 Å². The van der Waals surface area contributed by atoms with Gasteiger partial charge in [0, 0.05) is 18.7 Å². The minimum Gasteiger partial charge on any atom is -0.434 e. The Morgan fingerprint density at radius 2 is 2.04 bits per heavy atom. The SMILES string of the molecule is CCNC(=NCc1ccccc1OC(F)F)NCC1(O)CCC1.I. The Bertz CT molecular complexity index is 540. The van der Waals surface area contributed by atoms with Crippen molar-refractivity contribution < 1.29 is 18.6 Å². The summed E-state index contributed by atoms with van der Waals surface area (Å²) < 4.78 is 29.3. The molecule has 1 aromatic carbocycles. The normalized spacial score (nSPS) is 16.1. The van der Waals surface area contributed by atoms with E-state index in [9.17, 15) is 13.9 Å². The molecular formula is C16H24F2IN3O2. The zero-order valence-electron chi connectivity index (χ0n) is 13.6. The molecule has 136 valence electrons. The maximum absolute atomic E-state index is 12.4. The Hall–Kier alpha value is -1.16. The van der Waals surface area contributed by atoms with Crippen molar-refractivity contribution in [2.75, 3.05) is 13.1 Å². The van der Waals surface area contributed by atoms with E-state index in [0.29, 0.717) is 24.6 Å². The number of alkyl halides is 2. The number of benzene rings is 1. The molecule has 1 aromatic rings. The number of ether oxygens (including phenoxy) is 1. The second-order valence-electron chi connectivity index (χ2n) is 5.61. The first-order chi connectivity index (χ1) is 11.0. The van der Waals surface area contributed by atoms with E-state index in [2.05, 4.69) is 20.4 Å². The molecule has 0 aliphatic heterocycles. The van der Waals surface area contributed by atoms with Crippen LogP contribution in [0.15, 0.2) is 29.3 Å². The molecule has 0 heterocycles. The van der Waals surface area contributed by atoms with Gasteiger partial charge in [-0.05, 0) is 32.3 Å². The maximum atomic E-state index is 12.4. The number of nitrogens with one attached hydrogen (secondary N) is 2. The highest BCUT2D eigenvalue weighted by Gasteiger charge is 2.34. The molecular weight excluding hydrogens is 431 g/mol. The predicted octanol–water partition coefficient (Wildman–Crippen LogP) is 2.88. The largest absolute Gasteiger partial charge is 0.434 e. The van der Waals surface area contributed by atoms with Crippen LogP contribution in [0.4, 0.5) is 8.78 Å². The van der Waals surface area contributed by atoms with Gasteiger partial charge in [-0.25, -0.2) is 4.99 Å². The summed E-state index contributed by atoms with van der Waals surface area (Å²) in [5, 5.41) is 16.3. The summed E-state index contributed by atoms with van der Waals surface area (Å²) in [5.41, 5.74) is -0.0836. The average molecular weight is 455 g/mol. The highest BCUT2D eigenvalue weighted by Crippen LogP contribution is 2.30. The third kappa shape index (κ3) is 6.39. The van der Waals surface area contributed by atoms with Gasteiger partial charge in [-0.1, -0.05) is 18.2 Å². The zero-order chi connectivity index (χ0) is 16.7. The number of guanidine groups is 1. The third-order valence-corrected chi connectivity index (χ3v) is 3.81. The minimum atomic E-state index is -2.86. The predicted molar refractivity (Wildman–Crippen MR) is 100 cm³/mol. The van der Waals surface area contributed by atoms with E-state index in [4.69, 9.17) is 0 Å². The number of hydrogen-bond donors (Lipinski definition) is 3. The summed E-state index contributed by atoms with van der Waals surface area (Å²) in [6.45, 7) is 0.368. The van der Waals surface area contributed by atoms with E-state index in [-0.39, 0.29) is 36.3 Å². The monoisotopic (exact) mass is 455 g/mol. The molecule has 0 atom stereocenters. The minimum absolute atomic E-state index is 0. The fraction of sp³-hybridized carbons (Fsp3) is 0.562. The molecule has 1 aliphatic rings. The third-order valence-electron chi connectivity index (χ3n) is 3.81. The molecule has 0 aromatic heterocycles. The molecule has 8 heteroatoms. The van der Waals surface area contributed by atoms with Gasteiger partial charge >= 0.3 is 6.61 Å². The van der Waals surface area contributed by atoms with Crippen molar-refractivity contribution in [1.29, 1.82) is 0 Å². The summed E-state index contributed by atoms with van der Waals surface area (Å²) in [7, 11) is 0. The highest BCUT2D eigenvalue weighted by molar-refractivity contribution is 14.0. The molecule has 3 N–H and O–H groups in total. The van der Waals surface area contributed by atoms with Gasteiger partial charge in [-0.2, -0.15) is 8.78 Å². The van der Waals surface area contributed by atoms with Crippen LogP contribution in [0, 0.1) is 0 Å². The molecule has 5 nitrogen and oxygen atoms in total. The number of hydrogen-bond acceptors (Lipinski definition) is 3. The van der Waals surface area contributed by atoms with Gasteiger partial charge in [0.25, 0.3) is 0 Å². The molecule has 2 rings (SSSR count). The Morgan fingerprint density at radius 1 is 1.33 bits per heavy atom. The lowest BCUT2D eigenvalue weighted by Gasteiger charge is -2.37. The fourth-order valence-electron chi connectivity index (χ4n) is 2.36. The standard InChI is InChI=1S/C16H23F2N3O2.HI/c1-2-19-15(21-11-16(22)8-5-9-16)20-10-12-6-3-4-7-13(12)23-14(17)18;/h3-4,6-7,14,22H,2,5,8-11H2,1H3,(H2,19,20,21);1H. The number of aliphatic hydroxyl groups is 1. The summed E-state index contributed by atoms with van der Waals surface area (Å²) in [4.78, 5) is 4.37. The number of nitrogens with zero attached hydrogens (tertiary/aromatic N) is 1. The van der Waals surface area contributed by atoms with Crippen LogP contribution in [0.2, 0.25) is 0 Å². The van der Waals surface area contributed by atoms with Crippen molar-refractivity contribution >= 4 is 29.9 Å². The molecule has 1 saturated carbocycles. The van der Waals surface area contributed by atoms with E-state index in [0.717, 1.165) is 19.3 Å². The molecule has 1 fully saturated rings. The summed E-state index contributed by atoms with van der Waals surface area (Å²) in [6, 6.07) is 6.58. The van der Waals surface area contributed by atoms with E-state index < -0.39 is 12.2 Å². The second kappa shape index (κ2) is 9.97. The van der Waals surface area contributed by atoms with E-state index in [1.54, 1.807) is 18.2 Å². The summed E-state index contributed by atoms with van der Waals surface area (Å²) >= 11 is 0. The van der Waals surface area contributed by atoms with Gasteiger partial charge in [0.05, 0.1) is 12.1 Å². The zero-order valence-corrected chi connectivity index (χ0v) is 15.9. The van der Waals surface area contributed by atoms with E-state index in [1.807, 2.05) is 6.92 Å². The Labute approximate surface area is 157 Å². The van der Waals surface area contributed by atoms with Crippen LogP contribution >= 0.6 is 24.0 Å². The first-order valence-corrected chi connectivity index (χ1v) is 7.80. The van der Waals surface area contributed by atoms with Crippen molar-refractivity contribution in [3.8, 4) is 5.75 Å². The summed E-state index contributed by atoms with van der Waals surface area (Å²) in [6.07, 6.45) is 2.60. The number of aliphatic imine (C=N–C) groups is 1. The second-order valence-corrected chi connectivity index (χ2v) is 5.61. The van der Waals surface area contributed by atoms with Crippen LogP contribution in [0.25, 0.3) is 0 Å². The lowest BCUT2D eigenvalue weighted by Crippen LogP contribution is -2.50. The molecule has 0 amide bonds. The fourth-order valence-corrected chi connectivity index (χ4v) is 2.36. The smallest absolute Gasteiger partial charge is 0.387 e. The number of para-hydroxylation sites is 1. The summed E-state index contributed by atoms with van der Waals surface area (Å²) in [5.74, 6) is 0.666. The van der Waals surface area contributed by atoms with Crippen LogP contribution in [-0.4, -0.2) is 36.4 Å². The maximum Gasteiger partial charge on any atom is 0.387 e. The highest BCUT2D eigenvalue weighted by atomic mass is 127. The molecule has 0 unspecified atom stereocenters. The topological polar surface area (TPSA) is 65.9 Å². The van der Waals surface area contributed by atoms with E-state index in [1.165, 1.54) is 6.07 Å². The molecule has 1 aliphatic carbocycles. The first kappa shape index (κ1) is 20.9. The molecule has 24 heavy (non-hydrogen) atoms. The van der Waals surface area contributed by atoms with Gasteiger partial charge in [-0.15, -0.1) is 24.0 Å². The van der Waals surface area contributed by atoms with Crippen LogP contribution < -0.4 is 15.4 Å². The van der Waals surface area contributed by atoms with Gasteiger partial charge in [0.2, 0.25) is 0 Å². The van der Waals surface area contributed by atoms with Gasteiger partial charge in [0.15, 0.2) is 5.96 Å². The molecule has 0 radical (unpaired) electrons. The van der Waals surface area contributed by atoms with Gasteiger partial charge < -0.3 is 20.5 Å².